The van der Waals surface area contributed by atoms with Crippen molar-refractivity contribution in [3.05, 3.63) is 59.2 Å². The van der Waals surface area contributed by atoms with Crippen LogP contribution in [-0.2, 0) is 17.6 Å². The molecule has 0 saturated carbocycles. The second-order valence-corrected chi connectivity index (χ2v) is 8.39. The second-order valence-electron chi connectivity index (χ2n) is 7.39. The number of methoxy groups -OCH3 is 2. The van der Waals surface area contributed by atoms with Gasteiger partial charge in [0.2, 0.25) is 0 Å². The molecule has 0 atom stereocenters. The molecule has 4 nitrogen and oxygen atoms in total. The first-order valence-electron chi connectivity index (χ1n) is 9.06. The fourth-order valence-corrected chi connectivity index (χ4v) is 3.32. The summed E-state index contributed by atoms with van der Waals surface area (Å²) in [5.74, 6) is 2.30. The third-order valence-corrected chi connectivity index (χ3v) is 5.23. The quantitative estimate of drug-likeness (QED) is 0.549. The molecule has 5 heteroatoms. The van der Waals surface area contributed by atoms with Crippen LogP contribution >= 0.6 is 11.8 Å². The normalized spacial score (nSPS) is 12.1. The van der Waals surface area contributed by atoms with Gasteiger partial charge in [0.1, 0.15) is 0 Å². The van der Waals surface area contributed by atoms with Crippen molar-refractivity contribution in [2.24, 2.45) is 10.7 Å². The van der Waals surface area contributed by atoms with Crippen LogP contribution in [0.1, 0.15) is 37.5 Å². The van der Waals surface area contributed by atoms with Crippen molar-refractivity contribution in [3.63, 3.8) is 0 Å². The monoisotopic (exact) mass is 386 g/mol. The maximum absolute atomic E-state index is 6.05. The predicted molar refractivity (Wildman–Crippen MR) is 116 cm³/mol. The highest BCUT2D eigenvalue weighted by Crippen LogP contribution is 2.27. The first-order chi connectivity index (χ1) is 12.8. The number of ether oxygens (including phenoxy) is 2. The summed E-state index contributed by atoms with van der Waals surface area (Å²) in [6, 6.07) is 14.7. The summed E-state index contributed by atoms with van der Waals surface area (Å²) in [5.41, 5.74) is 9.97. The molecular weight excluding hydrogens is 356 g/mol. The molecule has 0 radical (unpaired) electrons. The predicted octanol–water partition coefficient (Wildman–Crippen LogP) is 4.79. The van der Waals surface area contributed by atoms with Gasteiger partial charge < -0.3 is 15.2 Å². The van der Waals surface area contributed by atoms with Crippen molar-refractivity contribution < 1.29 is 9.47 Å². The Bertz CT molecular complexity index is 765. The third-order valence-electron chi connectivity index (χ3n) is 4.32. The number of hydrogen-bond acceptors (Lipinski definition) is 4. The van der Waals surface area contributed by atoms with Gasteiger partial charge in [0.25, 0.3) is 0 Å². The van der Waals surface area contributed by atoms with E-state index in [0.29, 0.717) is 11.7 Å². The molecule has 0 fully saturated rings. The van der Waals surface area contributed by atoms with E-state index in [2.05, 4.69) is 50.0 Å². The average molecular weight is 387 g/mol. The van der Waals surface area contributed by atoms with Gasteiger partial charge in [-0.15, -0.1) is 0 Å². The van der Waals surface area contributed by atoms with E-state index in [1.165, 1.54) is 11.1 Å². The fraction of sp³-hybridized carbons (Fsp3) is 0.409. The Balaban J connectivity index is 1.84. The number of nitrogens with zero attached hydrogens (tertiary/aromatic N) is 1. The van der Waals surface area contributed by atoms with Crippen molar-refractivity contribution in [3.8, 4) is 11.5 Å². The fourth-order valence-electron chi connectivity index (χ4n) is 2.64. The van der Waals surface area contributed by atoms with Crippen LogP contribution in [0.5, 0.6) is 11.5 Å². The van der Waals surface area contributed by atoms with Crippen molar-refractivity contribution in [1.29, 1.82) is 0 Å². The van der Waals surface area contributed by atoms with Gasteiger partial charge in [0, 0.05) is 12.3 Å². The third kappa shape index (κ3) is 6.51. The molecule has 2 rings (SSSR count). The Morgan fingerprint density at radius 2 is 1.59 bits per heavy atom. The Kier molecular flexibility index (Phi) is 7.60. The van der Waals surface area contributed by atoms with Gasteiger partial charge in [-0.25, -0.2) is 0 Å². The average Bonchev–Trinajstić information content (AvgIpc) is 2.65. The van der Waals surface area contributed by atoms with Crippen LogP contribution in [0, 0.1) is 0 Å². The second kappa shape index (κ2) is 9.70. The van der Waals surface area contributed by atoms with E-state index in [0.717, 1.165) is 29.2 Å². The van der Waals surface area contributed by atoms with Crippen LogP contribution in [0.2, 0.25) is 0 Å². The van der Waals surface area contributed by atoms with Gasteiger partial charge in [-0.2, -0.15) is 0 Å². The highest BCUT2D eigenvalue weighted by Gasteiger charge is 2.12. The molecule has 2 aromatic rings. The lowest BCUT2D eigenvalue weighted by Crippen LogP contribution is -2.11. The maximum Gasteiger partial charge on any atom is 0.160 e. The van der Waals surface area contributed by atoms with E-state index in [1.54, 1.807) is 26.0 Å². The zero-order valence-electron chi connectivity index (χ0n) is 16.9. The van der Waals surface area contributed by atoms with Gasteiger partial charge >= 0.3 is 0 Å². The van der Waals surface area contributed by atoms with E-state index < -0.39 is 0 Å². The first-order valence-corrected chi connectivity index (χ1v) is 10.0. The molecular formula is C22H30N2O2S. The van der Waals surface area contributed by atoms with E-state index in [4.69, 9.17) is 15.2 Å². The zero-order chi connectivity index (χ0) is 19.9. The largest absolute Gasteiger partial charge is 0.493 e. The minimum absolute atomic E-state index is 0.177. The van der Waals surface area contributed by atoms with Gasteiger partial charge in [-0.05, 0) is 40.7 Å². The summed E-state index contributed by atoms with van der Waals surface area (Å²) < 4.78 is 10.6. The number of nitrogens with two attached hydrogens (primary N) is 1. The number of benzene rings is 2. The van der Waals surface area contributed by atoms with Gasteiger partial charge in [-0.3, -0.25) is 4.99 Å². The summed E-state index contributed by atoms with van der Waals surface area (Å²) in [7, 11) is 3.28. The summed E-state index contributed by atoms with van der Waals surface area (Å²) >= 11 is 1.57. The van der Waals surface area contributed by atoms with Gasteiger partial charge in [-0.1, -0.05) is 62.9 Å². The maximum atomic E-state index is 6.05. The number of aliphatic imine (C=N–C) groups is 1. The Hall–Kier alpha value is -2.14. The Morgan fingerprint density at radius 3 is 2.19 bits per heavy atom. The lowest BCUT2D eigenvalue weighted by molar-refractivity contribution is 0.354. The molecule has 0 aliphatic heterocycles. The molecule has 146 valence electrons. The van der Waals surface area contributed by atoms with Gasteiger partial charge in [0.15, 0.2) is 16.7 Å². The molecule has 0 unspecified atom stereocenters. The van der Waals surface area contributed by atoms with E-state index in [9.17, 15) is 0 Å². The molecule has 0 saturated heterocycles. The lowest BCUT2D eigenvalue weighted by atomic mass is 9.87. The minimum Gasteiger partial charge on any atom is -0.493 e. The van der Waals surface area contributed by atoms with Crippen LogP contribution in [0.15, 0.2) is 47.5 Å². The zero-order valence-corrected chi connectivity index (χ0v) is 17.7. The molecule has 0 amide bonds. The SMILES string of the molecule is COc1ccc(CCN=C(N)SCc2ccc(C(C)(C)C)cc2)cc1OC. The smallest absolute Gasteiger partial charge is 0.160 e. The van der Waals surface area contributed by atoms with E-state index >= 15 is 0 Å². The Morgan fingerprint density at radius 1 is 0.963 bits per heavy atom. The number of amidine groups is 1. The van der Waals surface area contributed by atoms with E-state index in [-0.39, 0.29) is 5.41 Å². The molecule has 2 aromatic carbocycles. The number of rotatable bonds is 7. The first kappa shape index (κ1) is 21.2. The minimum atomic E-state index is 0.177. The van der Waals surface area contributed by atoms with E-state index in [1.807, 2.05) is 18.2 Å². The van der Waals surface area contributed by atoms with Crippen LogP contribution in [0.25, 0.3) is 0 Å². The molecule has 0 aliphatic rings. The van der Waals surface area contributed by atoms with Crippen molar-refractivity contribution >= 4 is 16.9 Å². The highest BCUT2D eigenvalue weighted by molar-refractivity contribution is 8.13. The molecule has 27 heavy (non-hydrogen) atoms. The molecule has 2 N–H and O–H groups in total. The summed E-state index contributed by atoms with van der Waals surface area (Å²) in [4.78, 5) is 4.47. The number of hydrogen-bond donors (Lipinski definition) is 1. The lowest BCUT2D eigenvalue weighted by Gasteiger charge is -2.19. The Labute approximate surface area is 167 Å². The van der Waals surface area contributed by atoms with Crippen LogP contribution in [0.3, 0.4) is 0 Å². The standard InChI is InChI=1S/C22H30N2O2S/c1-22(2,3)18-9-6-17(7-10-18)15-27-21(23)24-13-12-16-8-11-19(25-4)20(14-16)26-5/h6-11,14H,12-13,15H2,1-5H3,(H2,23,24). The van der Waals surface area contributed by atoms with Crippen LogP contribution in [-0.4, -0.2) is 25.9 Å². The summed E-state index contributed by atoms with van der Waals surface area (Å²) in [5, 5.41) is 0.621. The highest BCUT2D eigenvalue weighted by atomic mass is 32.2. The van der Waals surface area contributed by atoms with Crippen LogP contribution < -0.4 is 15.2 Å². The topological polar surface area (TPSA) is 56.8 Å². The summed E-state index contributed by atoms with van der Waals surface area (Å²) in [6.45, 7) is 7.32. The van der Waals surface area contributed by atoms with Gasteiger partial charge in [0.05, 0.1) is 14.2 Å². The van der Waals surface area contributed by atoms with Crippen LogP contribution in [0.4, 0.5) is 0 Å². The molecule has 0 spiro atoms. The summed E-state index contributed by atoms with van der Waals surface area (Å²) in [6.07, 6.45) is 0.807. The molecule has 0 aromatic heterocycles. The van der Waals surface area contributed by atoms with Crippen molar-refractivity contribution in [1.82, 2.24) is 0 Å². The molecule has 0 bridgehead atoms. The van der Waals surface area contributed by atoms with Crippen molar-refractivity contribution in [2.75, 3.05) is 20.8 Å². The molecule has 0 aliphatic carbocycles. The molecule has 0 heterocycles. The number of thioether (sulfide) groups is 1. The van der Waals surface area contributed by atoms with Crippen molar-refractivity contribution in [2.45, 2.75) is 38.4 Å².